The molecule has 45 heavy (non-hydrogen) atoms. The number of amides is 1. The van der Waals surface area contributed by atoms with E-state index in [4.69, 9.17) is 15.2 Å². The first-order valence-corrected chi connectivity index (χ1v) is 15.6. The van der Waals surface area contributed by atoms with E-state index < -0.39 is 35.1 Å². The Morgan fingerprint density at radius 2 is 1.89 bits per heavy atom. The Kier molecular flexibility index (Phi) is 9.70. The van der Waals surface area contributed by atoms with Crippen LogP contribution in [-0.2, 0) is 21.0 Å². The number of anilines is 1. The smallest absolute Gasteiger partial charge is 0.325 e. The number of ether oxygens (including phenoxy) is 2. The Labute approximate surface area is 263 Å². The molecule has 0 radical (unpaired) electrons. The standard InChI is InChI=1S/C30H36F2N8O4S/c1-5-43-19-8-6-18(7-9-19)40-14-21(25(38-40)24-20(31)10-11-23(32)37-24)35-27(41)22-15-45-28(36-22)17-12-34-39(13-17)16-44-29(42)26(33)30(2,3)4/h10-15,18-19,26H,5-9,16,33H2,1-4H3,(H,35,41)/t18-,19-,26?. The lowest BCUT2D eigenvalue weighted by Gasteiger charge is -2.28. The van der Waals surface area contributed by atoms with Gasteiger partial charge in [0.1, 0.15) is 28.1 Å². The molecule has 1 aliphatic carbocycles. The molecule has 4 aromatic heterocycles. The number of rotatable bonds is 10. The summed E-state index contributed by atoms with van der Waals surface area (Å²) in [6.45, 7) is 8.01. The summed E-state index contributed by atoms with van der Waals surface area (Å²) in [5, 5.41) is 13.6. The second-order valence-corrected chi connectivity index (χ2v) is 12.8. The lowest BCUT2D eigenvalue weighted by atomic mass is 9.87. The van der Waals surface area contributed by atoms with Gasteiger partial charge in [0.15, 0.2) is 12.5 Å². The third-order valence-electron chi connectivity index (χ3n) is 7.58. The fraction of sp³-hybridized carbons (Fsp3) is 0.467. The van der Waals surface area contributed by atoms with Gasteiger partial charge in [-0.15, -0.1) is 11.3 Å². The molecule has 5 rings (SSSR count). The minimum atomic E-state index is -0.869. The summed E-state index contributed by atoms with van der Waals surface area (Å²) in [5.41, 5.74) is 6.11. The highest BCUT2D eigenvalue weighted by Gasteiger charge is 2.29. The Bertz CT molecular complexity index is 1660. The number of hydrogen-bond acceptors (Lipinski definition) is 10. The Balaban J connectivity index is 1.31. The summed E-state index contributed by atoms with van der Waals surface area (Å²) in [7, 11) is 0. The third-order valence-corrected chi connectivity index (χ3v) is 8.47. The number of pyridine rings is 1. The van der Waals surface area contributed by atoms with E-state index in [1.165, 1.54) is 16.0 Å². The van der Waals surface area contributed by atoms with Gasteiger partial charge in [0.25, 0.3) is 5.91 Å². The predicted molar refractivity (Wildman–Crippen MR) is 163 cm³/mol. The molecule has 0 spiro atoms. The first kappa shape index (κ1) is 32.3. The number of esters is 1. The van der Waals surface area contributed by atoms with Gasteiger partial charge in [-0.05, 0) is 50.2 Å². The van der Waals surface area contributed by atoms with Crippen molar-refractivity contribution < 1.29 is 27.8 Å². The van der Waals surface area contributed by atoms with E-state index in [0.29, 0.717) is 17.2 Å². The molecular formula is C30H36F2N8O4S. The van der Waals surface area contributed by atoms with Crippen LogP contribution in [0.2, 0.25) is 0 Å². The van der Waals surface area contributed by atoms with Gasteiger partial charge in [0, 0.05) is 29.9 Å². The summed E-state index contributed by atoms with van der Waals surface area (Å²) < 4.78 is 43.0. The average Bonchev–Trinajstić information content (AvgIpc) is 3.77. The number of nitrogens with one attached hydrogen (secondary N) is 1. The van der Waals surface area contributed by atoms with Crippen molar-refractivity contribution in [3.63, 3.8) is 0 Å². The van der Waals surface area contributed by atoms with Gasteiger partial charge >= 0.3 is 5.97 Å². The Hall–Kier alpha value is -4.08. The van der Waals surface area contributed by atoms with Crippen molar-refractivity contribution in [3.8, 4) is 22.0 Å². The van der Waals surface area contributed by atoms with Crippen LogP contribution in [0.4, 0.5) is 14.5 Å². The minimum absolute atomic E-state index is 0.00591. The molecule has 0 aliphatic heterocycles. The van der Waals surface area contributed by atoms with E-state index >= 15 is 0 Å². The topological polar surface area (TPSA) is 152 Å². The Morgan fingerprint density at radius 3 is 2.60 bits per heavy atom. The largest absolute Gasteiger partial charge is 0.441 e. The molecule has 1 aliphatic rings. The van der Waals surface area contributed by atoms with E-state index in [1.807, 2.05) is 27.7 Å². The molecule has 4 aromatic rings. The monoisotopic (exact) mass is 642 g/mol. The van der Waals surface area contributed by atoms with Crippen LogP contribution >= 0.6 is 11.3 Å². The van der Waals surface area contributed by atoms with Gasteiger partial charge in [-0.2, -0.15) is 14.6 Å². The van der Waals surface area contributed by atoms with Crippen molar-refractivity contribution >= 4 is 28.9 Å². The second-order valence-electron chi connectivity index (χ2n) is 11.9. The Morgan fingerprint density at radius 1 is 1.13 bits per heavy atom. The summed E-state index contributed by atoms with van der Waals surface area (Å²) in [6.07, 6.45) is 8.22. The number of carbonyl (C=O) groups excluding carboxylic acids is 2. The first-order valence-electron chi connectivity index (χ1n) is 14.7. The van der Waals surface area contributed by atoms with Crippen LogP contribution in [0, 0.1) is 17.2 Å². The second kappa shape index (κ2) is 13.5. The maximum absolute atomic E-state index is 14.8. The average molecular weight is 643 g/mol. The lowest BCUT2D eigenvalue weighted by molar-refractivity contribution is -0.152. The fourth-order valence-electron chi connectivity index (χ4n) is 4.96. The van der Waals surface area contributed by atoms with Crippen LogP contribution in [0.5, 0.6) is 0 Å². The number of aromatic nitrogens is 6. The van der Waals surface area contributed by atoms with Crippen LogP contribution in [0.25, 0.3) is 22.0 Å². The zero-order chi connectivity index (χ0) is 32.3. The van der Waals surface area contributed by atoms with Gasteiger partial charge in [-0.25, -0.2) is 19.0 Å². The van der Waals surface area contributed by atoms with Crippen molar-refractivity contribution in [1.82, 2.24) is 29.5 Å². The number of thiazole rings is 1. The molecule has 0 aromatic carbocycles. The normalized spacial score (nSPS) is 17.7. The van der Waals surface area contributed by atoms with Crippen LogP contribution in [0.15, 0.2) is 36.1 Å². The third kappa shape index (κ3) is 7.60. The van der Waals surface area contributed by atoms with Gasteiger partial charge in [0.2, 0.25) is 5.95 Å². The van der Waals surface area contributed by atoms with E-state index in [1.54, 1.807) is 28.7 Å². The molecule has 1 atom stereocenters. The predicted octanol–water partition coefficient (Wildman–Crippen LogP) is 5.19. The summed E-state index contributed by atoms with van der Waals surface area (Å²) in [4.78, 5) is 33.7. The number of nitrogens with zero attached hydrogens (tertiary/aromatic N) is 6. The molecule has 1 saturated carbocycles. The van der Waals surface area contributed by atoms with Gasteiger partial charge in [-0.1, -0.05) is 20.8 Å². The van der Waals surface area contributed by atoms with Crippen molar-refractivity contribution in [2.45, 2.75) is 78.3 Å². The minimum Gasteiger partial charge on any atom is -0.441 e. The van der Waals surface area contributed by atoms with Crippen LogP contribution in [-0.4, -0.2) is 60.2 Å². The van der Waals surface area contributed by atoms with Crippen molar-refractivity contribution in [2.75, 3.05) is 11.9 Å². The molecule has 1 unspecified atom stereocenters. The number of hydrogen-bond donors (Lipinski definition) is 2. The SMILES string of the molecule is CCO[C@H]1CC[C@H](n2cc(NC(=O)c3csc(-c4cnn(COC(=O)C(N)C(C)(C)C)c4)n3)c(-c3nc(F)ccc3F)n2)CC1. The van der Waals surface area contributed by atoms with E-state index in [9.17, 15) is 18.4 Å². The van der Waals surface area contributed by atoms with Gasteiger partial charge in [-0.3, -0.25) is 14.3 Å². The van der Waals surface area contributed by atoms with Crippen molar-refractivity contribution in [1.29, 1.82) is 0 Å². The highest BCUT2D eigenvalue weighted by atomic mass is 32.1. The molecule has 15 heteroatoms. The highest BCUT2D eigenvalue weighted by Crippen LogP contribution is 2.35. The van der Waals surface area contributed by atoms with Gasteiger partial charge < -0.3 is 20.5 Å². The summed E-state index contributed by atoms with van der Waals surface area (Å²) in [6, 6.07) is 1.10. The van der Waals surface area contributed by atoms with Crippen LogP contribution < -0.4 is 11.1 Å². The zero-order valence-electron chi connectivity index (χ0n) is 25.5. The fourth-order valence-corrected chi connectivity index (χ4v) is 5.73. The summed E-state index contributed by atoms with van der Waals surface area (Å²) in [5.74, 6) is -2.74. The molecule has 4 heterocycles. The maximum Gasteiger partial charge on any atom is 0.325 e. The number of carbonyl (C=O) groups is 2. The van der Waals surface area contributed by atoms with E-state index in [-0.39, 0.29) is 41.6 Å². The van der Waals surface area contributed by atoms with Crippen LogP contribution in [0.3, 0.4) is 0 Å². The molecule has 1 amide bonds. The lowest BCUT2D eigenvalue weighted by Crippen LogP contribution is -2.43. The number of halogens is 2. The molecule has 1 fully saturated rings. The van der Waals surface area contributed by atoms with Crippen LogP contribution in [0.1, 0.15) is 69.9 Å². The maximum atomic E-state index is 14.8. The number of nitrogens with two attached hydrogens (primary N) is 1. The summed E-state index contributed by atoms with van der Waals surface area (Å²) >= 11 is 1.22. The van der Waals surface area contributed by atoms with E-state index in [2.05, 4.69) is 25.5 Å². The van der Waals surface area contributed by atoms with Crippen molar-refractivity contribution in [3.05, 3.63) is 53.6 Å². The molecule has 12 nitrogen and oxygen atoms in total. The molecule has 0 bridgehead atoms. The first-order chi connectivity index (χ1) is 21.4. The van der Waals surface area contributed by atoms with Gasteiger partial charge in [0.05, 0.1) is 24.0 Å². The quantitative estimate of drug-likeness (QED) is 0.176. The highest BCUT2D eigenvalue weighted by molar-refractivity contribution is 7.13. The van der Waals surface area contributed by atoms with Crippen molar-refractivity contribution in [2.24, 2.45) is 11.1 Å². The molecule has 240 valence electrons. The molecule has 3 N–H and O–H groups in total. The van der Waals surface area contributed by atoms with E-state index in [0.717, 1.165) is 37.8 Å². The molecular weight excluding hydrogens is 606 g/mol. The zero-order valence-corrected chi connectivity index (χ0v) is 26.3. The molecule has 0 saturated heterocycles.